The summed E-state index contributed by atoms with van der Waals surface area (Å²) in [5, 5.41) is 5.80. The van der Waals surface area contributed by atoms with Crippen molar-refractivity contribution in [2.75, 3.05) is 19.0 Å². The molecule has 20 heavy (non-hydrogen) atoms. The fourth-order valence-electron chi connectivity index (χ4n) is 1.55. The van der Waals surface area contributed by atoms with Crippen LogP contribution in [0.3, 0.4) is 0 Å². The Labute approximate surface area is 126 Å². The Morgan fingerprint density at radius 2 is 2.20 bits per heavy atom. The van der Waals surface area contributed by atoms with Gasteiger partial charge in [-0.2, -0.15) is 0 Å². The molecule has 2 aromatic rings. The first-order chi connectivity index (χ1) is 9.67. The second-order valence-electron chi connectivity index (χ2n) is 4.05. The largest absolute Gasteiger partial charge is 0.484 e. The SMILES string of the molecule is CNC(=O)COc1cccc(NCc2ccc(Cl)s2)c1. The molecule has 1 aromatic heterocycles. The van der Waals surface area contributed by atoms with Gasteiger partial charge in [0, 0.05) is 30.2 Å². The third-order valence-corrected chi connectivity index (χ3v) is 3.81. The number of halogens is 1. The Hall–Kier alpha value is -1.72. The van der Waals surface area contributed by atoms with Gasteiger partial charge in [-0.15, -0.1) is 11.3 Å². The summed E-state index contributed by atoms with van der Waals surface area (Å²) in [6, 6.07) is 11.4. The van der Waals surface area contributed by atoms with Gasteiger partial charge in [-0.1, -0.05) is 17.7 Å². The molecule has 0 unspecified atom stereocenters. The van der Waals surface area contributed by atoms with E-state index in [0.29, 0.717) is 12.3 Å². The Kier molecular flexibility index (Phi) is 5.26. The van der Waals surface area contributed by atoms with Gasteiger partial charge in [-0.3, -0.25) is 4.79 Å². The summed E-state index contributed by atoms with van der Waals surface area (Å²) >= 11 is 7.43. The highest BCUT2D eigenvalue weighted by Gasteiger charge is 2.02. The zero-order valence-corrected chi connectivity index (χ0v) is 12.6. The third kappa shape index (κ3) is 4.43. The van der Waals surface area contributed by atoms with E-state index in [1.165, 1.54) is 0 Å². The van der Waals surface area contributed by atoms with E-state index in [0.717, 1.165) is 14.9 Å². The van der Waals surface area contributed by atoms with E-state index in [-0.39, 0.29) is 12.5 Å². The van der Waals surface area contributed by atoms with Crippen molar-refractivity contribution in [1.82, 2.24) is 5.32 Å². The molecule has 1 amide bonds. The standard InChI is InChI=1S/C14H15ClN2O2S/c1-16-14(18)9-19-11-4-2-3-10(7-11)17-8-12-5-6-13(15)20-12/h2-7,17H,8-9H2,1H3,(H,16,18). The molecule has 0 aliphatic heterocycles. The van der Waals surface area contributed by atoms with Crippen LogP contribution in [-0.4, -0.2) is 19.6 Å². The van der Waals surface area contributed by atoms with Gasteiger partial charge in [-0.05, 0) is 24.3 Å². The summed E-state index contributed by atoms with van der Waals surface area (Å²) in [4.78, 5) is 12.3. The van der Waals surface area contributed by atoms with Gasteiger partial charge in [0.05, 0.1) is 4.34 Å². The van der Waals surface area contributed by atoms with E-state index in [1.54, 1.807) is 18.4 Å². The minimum absolute atomic E-state index is 0.0144. The van der Waals surface area contributed by atoms with Crippen LogP contribution >= 0.6 is 22.9 Å². The summed E-state index contributed by atoms with van der Waals surface area (Å²) in [5.41, 5.74) is 0.934. The lowest BCUT2D eigenvalue weighted by atomic mass is 10.3. The van der Waals surface area contributed by atoms with Crippen LogP contribution in [0.15, 0.2) is 36.4 Å². The molecule has 2 N–H and O–H groups in total. The number of hydrogen-bond donors (Lipinski definition) is 2. The molecule has 4 nitrogen and oxygen atoms in total. The van der Waals surface area contributed by atoms with Crippen molar-refractivity contribution in [2.45, 2.75) is 6.54 Å². The molecule has 0 bridgehead atoms. The maximum absolute atomic E-state index is 11.1. The van der Waals surface area contributed by atoms with Crippen molar-refractivity contribution in [3.05, 3.63) is 45.6 Å². The highest BCUT2D eigenvalue weighted by molar-refractivity contribution is 7.16. The molecule has 0 atom stereocenters. The van der Waals surface area contributed by atoms with Gasteiger partial charge in [0.15, 0.2) is 6.61 Å². The van der Waals surface area contributed by atoms with Gasteiger partial charge in [-0.25, -0.2) is 0 Å². The number of carbonyl (C=O) groups is 1. The second-order valence-corrected chi connectivity index (χ2v) is 5.85. The molecule has 1 aromatic carbocycles. The smallest absolute Gasteiger partial charge is 0.257 e. The monoisotopic (exact) mass is 310 g/mol. The second kappa shape index (κ2) is 7.17. The normalized spacial score (nSPS) is 10.1. The number of anilines is 1. The van der Waals surface area contributed by atoms with Gasteiger partial charge >= 0.3 is 0 Å². The Bertz CT molecular complexity index is 586. The molecule has 0 aliphatic rings. The first-order valence-electron chi connectivity index (χ1n) is 6.09. The summed E-state index contributed by atoms with van der Waals surface area (Å²) in [5.74, 6) is 0.499. The molecular formula is C14H15ClN2O2S. The molecule has 6 heteroatoms. The molecule has 2 rings (SSSR count). The predicted molar refractivity (Wildman–Crippen MR) is 82.7 cm³/mol. The molecule has 1 heterocycles. The lowest BCUT2D eigenvalue weighted by Gasteiger charge is -2.08. The quantitative estimate of drug-likeness (QED) is 0.862. The van der Waals surface area contributed by atoms with E-state index in [1.807, 2.05) is 36.4 Å². The fraction of sp³-hybridized carbons (Fsp3) is 0.214. The number of carbonyl (C=O) groups excluding carboxylic acids is 1. The number of amides is 1. The molecule has 0 radical (unpaired) electrons. The molecule has 0 spiro atoms. The summed E-state index contributed by atoms with van der Waals surface area (Å²) in [6.07, 6.45) is 0. The lowest BCUT2D eigenvalue weighted by Crippen LogP contribution is -2.24. The van der Waals surface area contributed by atoms with Gasteiger partial charge in [0.1, 0.15) is 5.75 Å². The van der Waals surface area contributed by atoms with Gasteiger partial charge in [0.25, 0.3) is 5.91 Å². The first kappa shape index (κ1) is 14.7. The Morgan fingerprint density at radius 3 is 2.90 bits per heavy atom. The predicted octanol–water partition coefficient (Wildman–Crippen LogP) is 3.14. The number of nitrogens with one attached hydrogen (secondary N) is 2. The van der Waals surface area contributed by atoms with Crippen LogP contribution in [0, 0.1) is 0 Å². The summed E-state index contributed by atoms with van der Waals surface area (Å²) < 4.78 is 6.17. The van der Waals surface area contributed by atoms with E-state index >= 15 is 0 Å². The number of rotatable bonds is 6. The highest BCUT2D eigenvalue weighted by Crippen LogP contribution is 2.23. The maximum atomic E-state index is 11.1. The minimum atomic E-state index is -0.156. The van der Waals surface area contributed by atoms with Crippen LogP contribution in [0.4, 0.5) is 5.69 Å². The van der Waals surface area contributed by atoms with Crippen LogP contribution < -0.4 is 15.4 Å². The number of hydrogen-bond acceptors (Lipinski definition) is 4. The summed E-state index contributed by atoms with van der Waals surface area (Å²) in [6.45, 7) is 0.719. The zero-order chi connectivity index (χ0) is 14.4. The molecular weight excluding hydrogens is 296 g/mol. The van der Waals surface area contributed by atoms with Crippen molar-refractivity contribution in [3.63, 3.8) is 0 Å². The minimum Gasteiger partial charge on any atom is -0.484 e. The van der Waals surface area contributed by atoms with Crippen LogP contribution in [-0.2, 0) is 11.3 Å². The molecule has 106 valence electrons. The van der Waals surface area contributed by atoms with Gasteiger partial charge in [0.2, 0.25) is 0 Å². The average molecular weight is 311 g/mol. The van der Waals surface area contributed by atoms with Crippen LogP contribution in [0.2, 0.25) is 4.34 Å². The fourth-order valence-corrected chi connectivity index (χ4v) is 2.58. The third-order valence-electron chi connectivity index (χ3n) is 2.58. The van der Waals surface area contributed by atoms with Crippen molar-refractivity contribution in [3.8, 4) is 5.75 Å². The van der Waals surface area contributed by atoms with E-state index in [9.17, 15) is 4.79 Å². The van der Waals surface area contributed by atoms with Crippen molar-refractivity contribution < 1.29 is 9.53 Å². The highest BCUT2D eigenvalue weighted by atomic mass is 35.5. The topological polar surface area (TPSA) is 50.4 Å². The number of thiophene rings is 1. The van der Waals surface area contributed by atoms with Crippen LogP contribution in [0.25, 0.3) is 0 Å². The number of likely N-dealkylation sites (N-methyl/N-ethyl adjacent to an activating group) is 1. The Morgan fingerprint density at radius 1 is 1.35 bits per heavy atom. The van der Waals surface area contributed by atoms with E-state index in [4.69, 9.17) is 16.3 Å². The molecule has 0 aliphatic carbocycles. The molecule has 0 fully saturated rings. The van der Waals surface area contributed by atoms with Crippen molar-refractivity contribution in [2.24, 2.45) is 0 Å². The van der Waals surface area contributed by atoms with E-state index < -0.39 is 0 Å². The maximum Gasteiger partial charge on any atom is 0.257 e. The van der Waals surface area contributed by atoms with Crippen LogP contribution in [0.1, 0.15) is 4.88 Å². The molecule has 0 saturated carbocycles. The average Bonchev–Trinajstić information content (AvgIpc) is 2.88. The number of benzene rings is 1. The summed E-state index contributed by atoms with van der Waals surface area (Å²) in [7, 11) is 1.58. The number of ether oxygens (including phenoxy) is 1. The van der Waals surface area contributed by atoms with Crippen molar-refractivity contribution >= 4 is 34.5 Å². The first-order valence-corrected chi connectivity index (χ1v) is 7.28. The van der Waals surface area contributed by atoms with E-state index in [2.05, 4.69) is 10.6 Å². The Balaban J connectivity index is 1.90. The van der Waals surface area contributed by atoms with Crippen molar-refractivity contribution in [1.29, 1.82) is 0 Å². The van der Waals surface area contributed by atoms with Gasteiger partial charge < -0.3 is 15.4 Å². The lowest BCUT2D eigenvalue weighted by molar-refractivity contribution is -0.122. The molecule has 0 saturated heterocycles. The van der Waals surface area contributed by atoms with Crippen LogP contribution in [0.5, 0.6) is 5.75 Å². The zero-order valence-electron chi connectivity index (χ0n) is 11.0.